The number of rotatable bonds is 1. The fourth-order valence-corrected chi connectivity index (χ4v) is 3.01. The molecule has 2 unspecified atom stereocenters. The number of halogens is 1. The summed E-state index contributed by atoms with van der Waals surface area (Å²) in [7, 11) is 0. The topological polar surface area (TPSA) is 33.4 Å². The number of fused-ring (bicyclic) bond motifs is 1. The zero-order chi connectivity index (χ0) is 15.2. The van der Waals surface area contributed by atoms with Crippen LogP contribution in [0.5, 0.6) is 0 Å². The molecule has 2 atom stereocenters. The predicted molar refractivity (Wildman–Crippen MR) is 87.3 cm³/mol. The number of hydrogen-bond acceptors (Lipinski definition) is 3. The molecule has 1 fully saturated rings. The average molecular weight is 307 g/mol. The number of nitrogens with zero attached hydrogens (tertiary/aromatic N) is 4. The molecule has 4 nitrogen and oxygen atoms in total. The minimum atomic E-state index is 0.0414. The molecule has 0 spiro atoms. The first-order valence-electron chi connectivity index (χ1n) is 7.60. The molecular formula is C16H23ClN4. The smallest absolute Gasteiger partial charge is 0.154 e. The molecule has 5 heteroatoms. The van der Waals surface area contributed by atoms with Crippen LogP contribution in [0.1, 0.15) is 39.8 Å². The Morgan fingerprint density at radius 2 is 2.10 bits per heavy atom. The maximum absolute atomic E-state index is 6.34. The van der Waals surface area contributed by atoms with Crippen molar-refractivity contribution in [2.45, 2.75) is 44.9 Å². The van der Waals surface area contributed by atoms with Gasteiger partial charge in [0.25, 0.3) is 0 Å². The quantitative estimate of drug-likeness (QED) is 0.756. The summed E-state index contributed by atoms with van der Waals surface area (Å²) in [6.07, 6.45) is 4.76. The fraction of sp³-hybridized carbons (Fsp3) is 0.625. The zero-order valence-electron chi connectivity index (χ0n) is 13.2. The van der Waals surface area contributed by atoms with Crippen LogP contribution >= 0.6 is 11.6 Å². The van der Waals surface area contributed by atoms with E-state index in [0.29, 0.717) is 5.92 Å². The highest BCUT2D eigenvalue weighted by atomic mass is 35.5. The summed E-state index contributed by atoms with van der Waals surface area (Å²) in [5.41, 5.74) is 2.22. The first-order chi connectivity index (χ1) is 9.86. The third-order valence-electron chi connectivity index (χ3n) is 4.24. The molecule has 0 bridgehead atoms. The maximum atomic E-state index is 6.34. The number of anilines is 1. The van der Waals surface area contributed by atoms with E-state index in [2.05, 4.69) is 43.6 Å². The summed E-state index contributed by atoms with van der Waals surface area (Å²) in [6, 6.07) is 2.17. The first-order valence-corrected chi connectivity index (χ1v) is 8.04. The Morgan fingerprint density at radius 1 is 1.33 bits per heavy atom. The van der Waals surface area contributed by atoms with Crippen LogP contribution in [0, 0.1) is 5.92 Å². The van der Waals surface area contributed by atoms with Crippen molar-refractivity contribution >= 4 is 22.9 Å². The molecule has 0 aromatic carbocycles. The van der Waals surface area contributed by atoms with Crippen molar-refractivity contribution < 1.29 is 0 Å². The number of hydrogen-bond donors (Lipinski definition) is 0. The van der Waals surface area contributed by atoms with E-state index in [0.717, 1.165) is 36.5 Å². The van der Waals surface area contributed by atoms with Crippen LogP contribution in [0.15, 0.2) is 18.5 Å². The third kappa shape index (κ3) is 2.73. The van der Waals surface area contributed by atoms with Gasteiger partial charge < -0.3 is 4.90 Å². The van der Waals surface area contributed by atoms with Gasteiger partial charge in [-0.05, 0) is 18.4 Å². The van der Waals surface area contributed by atoms with Crippen molar-refractivity contribution in [3.8, 4) is 0 Å². The van der Waals surface area contributed by atoms with Gasteiger partial charge in [0, 0.05) is 36.3 Å². The van der Waals surface area contributed by atoms with E-state index in [-0.39, 0.29) is 10.8 Å². The lowest BCUT2D eigenvalue weighted by atomic mass is 9.92. The van der Waals surface area contributed by atoms with E-state index < -0.39 is 0 Å². The molecule has 0 saturated carbocycles. The molecule has 1 aliphatic heterocycles. The van der Waals surface area contributed by atoms with Gasteiger partial charge in [0.15, 0.2) is 5.82 Å². The van der Waals surface area contributed by atoms with E-state index in [1.54, 1.807) is 0 Å². The van der Waals surface area contributed by atoms with Crippen molar-refractivity contribution in [1.29, 1.82) is 0 Å². The van der Waals surface area contributed by atoms with Gasteiger partial charge in [-0.25, -0.2) is 9.50 Å². The highest BCUT2D eigenvalue weighted by Gasteiger charge is 2.27. The lowest BCUT2D eigenvalue weighted by Gasteiger charge is -2.35. The second-order valence-electron chi connectivity index (χ2n) is 7.09. The van der Waals surface area contributed by atoms with Crippen molar-refractivity contribution in [2.24, 2.45) is 5.92 Å². The molecule has 0 amide bonds. The fourth-order valence-electron chi connectivity index (χ4n) is 2.83. The second-order valence-corrected chi connectivity index (χ2v) is 7.65. The summed E-state index contributed by atoms with van der Waals surface area (Å²) in [6.45, 7) is 10.7. The van der Waals surface area contributed by atoms with Gasteiger partial charge in [0.05, 0.1) is 5.69 Å². The van der Waals surface area contributed by atoms with Crippen LogP contribution < -0.4 is 4.90 Å². The van der Waals surface area contributed by atoms with Gasteiger partial charge in [-0.1, -0.05) is 27.7 Å². The monoisotopic (exact) mass is 306 g/mol. The number of aromatic nitrogens is 3. The summed E-state index contributed by atoms with van der Waals surface area (Å²) < 4.78 is 1.94. The van der Waals surface area contributed by atoms with Crippen LogP contribution in [0.2, 0.25) is 0 Å². The second kappa shape index (κ2) is 5.16. The molecule has 0 N–H and O–H groups in total. The van der Waals surface area contributed by atoms with Crippen molar-refractivity contribution in [3.63, 3.8) is 0 Å². The van der Waals surface area contributed by atoms with Crippen LogP contribution in [0.4, 0.5) is 5.82 Å². The Hall–Kier alpha value is -1.29. The molecule has 0 radical (unpaired) electrons. The van der Waals surface area contributed by atoms with Gasteiger partial charge in [-0.3, -0.25) is 0 Å². The Kier molecular flexibility index (Phi) is 3.60. The lowest BCUT2D eigenvalue weighted by molar-refractivity contribution is 0.452. The minimum absolute atomic E-state index is 0.0414. The Labute approximate surface area is 131 Å². The van der Waals surface area contributed by atoms with Crippen LogP contribution in [0.3, 0.4) is 0 Å². The Morgan fingerprint density at radius 3 is 2.76 bits per heavy atom. The summed E-state index contributed by atoms with van der Waals surface area (Å²) in [5.74, 6) is 1.50. The molecule has 3 rings (SSSR count). The SMILES string of the molecule is CC1CN(c2nccn3nc(C(C)(C)C)cc23)CCC1Cl. The Balaban J connectivity index is 2.01. The van der Waals surface area contributed by atoms with Gasteiger partial charge in [0.2, 0.25) is 0 Å². The molecule has 1 aliphatic rings. The van der Waals surface area contributed by atoms with Gasteiger partial charge >= 0.3 is 0 Å². The van der Waals surface area contributed by atoms with Gasteiger partial charge in [0.1, 0.15) is 5.52 Å². The van der Waals surface area contributed by atoms with Gasteiger partial charge in [-0.2, -0.15) is 5.10 Å². The summed E-state index contributed by atoms with van der Waals surface area (Å²) >= 11 is 6.34. The molecule has 2 aromatic rings. The van der Waals surface area contributed by atoms with Crippen molar-refractivity contribution in [2.75, 3.05) is 18.0 Å². The lowest BCUT2D eigenvalue weighted by Crippen LogP contribution is -2.40. The molecule has 114 valence electrons. The number of alkyl halides is 1. The highest BCUT2D eigenvalue weighted by molar-refractivity contribution is 6.20. The van der Waals surface area contributed by atoms with Gasteiger partial charge in [-0.15, -0.1) is 11.6 Å². The summed E-state index contributed by atoms with van der Waals surface area (Å²) in [4.78, 5) is 6.95. The molecule has 21 heavy (non-hydrogen) atoms. The normalized spacial score (nSPS) is 23.8. The molecule has 1 saturated heterocycles. The maximum Gasteiger partial charge on any atom is 0.154 e. The van der Waals surface area contributed by atoms with E-state index in [4.69, 9.17) is 16.7 Å². The largest absolute Gasteiger partial charge is 0.354 e. The Bertz CT molecular complexity index is 643. The van der Waals surface area contributed by atoms with Crippen LogP contribution in [0.25, 0.3) is 5.52 Å². The van der Waals surface area contributed by atoms with Crippen LogP contribution in [-0.2, 0) is 5.41 Å². The van der Waals surface area contributed by atoms with E-state index in [1.165, 1.54) is 0 Å². The standard InChI is InChI=1S/C16H23ClN4/c1-11-10-20(7-5-12(11)17)15-13-9-14(16(2,3)4)19-21(13)8-6-18-15/h6,8-9,11-12H,5,7,10H2,1-4H3. The molecular weight excluding hydrogens is 284 g/mol. The molecule has 0 aliphatic carbocycles. The van der Waals surface area contributed by atoms with Crippen molar-refractivity contribution in [1.82, 2.24) is 14.6 Å². The molecule has 2 aromatic heterocycles. The molecule has 3 heterocycles. The van der Waals surface area contributed by atoms with E-state index in [9.17, 15) is 0 Å². The van der Waals surface area contributed by atoms with Crippen molar-refractivity contribution in [3.05, 3.63) is 24.2 Å². The van der Waals surface area contributed by atoms with E-state index in [1.807, 2.05) is 16.9 Å². The predicted octanol–water partition coefficient (Wildman–Crippen LogP) is 3.48. The third-order valence-corrected chi connectivity index (χ3v) is 4.89. The summed E-state index contributed by atoms with van der Waals surface area (Å²) in [5, 5.41) is 4.97. The zero-order valence-corrected chi connectivity index (χ0v) is 13.9. The van der Waals surface area contributed by atoms with E-state index >= 15 is 0 Å². The average Bonchev–Trinajstić information content (AvgIpc) is 2.86. The first kappa shape index (κ1) is 14.6. The minimum Gasteiger partial charge on any atom is -0.354 e. The number of piperidine rings is 1. The highest BCUT2D eigenvalue weighted by Crippen LogP contribution is 2.30. The van der Waals surface area contributed by atoms with Crippen LogP contribution in [-0.4, -0.2) is 33.1 Å².